The molecule has 0 spiro atoms. The SMILES string of the molecule is O=Cc1ccc(-c2ccc(OC3CCOC3)cc2)cc1. The smallest absolute Gasteiger partial charge is 0.150 e. The third kappa shape index (κ3) is 2.89. The molecule has 2 aromatic rings. The molecule has 1 fully saturated rings. The fourth-order valence-electron chi connectivity index (χ4n) is 2.28. The van der Waals surface area contributed by atoms with E-state index in [0.29, 0.717) is 12.2 Å². The van der Waals surface area contributed by atoms with Gasteiger partial charge in [-0.2, -0.15) is 0 Å². The van der Waals surface area contributed by atoms with Crippen LogP contribution in [-0.4, -0.2) is 25.6 Å². The Morgan fingerprint density at radius 3 is 2.20 bits per heavy atom. The highest BCUT2D eigenvalue weighted by atomic mass is 16.5. The first-order valence-corrected chi connectivity index (χ1v) is 6.75. The fourth-order valence-corrected chi connectivity index (χ4v) is 2.28. The highest BCUT2D eigenvalue weighted by molar-refractivity contribution is 5.76. The van der Waals surface area contributed by atoms with Crippen LogP contribution in [0.25, 0.3) is 11.1 Å². The van der Waals surface area contributed by atoms with Gasteiger partial charge in [0.05, 0.1) is 13.2 Å². The van der Waals surface area contributed by atoms with Gasteiger partial charge in [0, 0.05) is 12.0 Å². The predicted octanol–water partition coefficient (Wildman–Crippen LogP) is 3.33. The quantitative estimate of drug-likeness (QED) is 0.798. The molecule has 0 N–H and O–H groups in total. The van der Waals surface area contributed by atoms with E-state index in [4.69, 9.17) is 9.47 Å². The highest BCUT2D eigenvalue weighted by Crippen LogP contribution is 2.24. The van der Waals surface area contributed by atoms with Gasteiger partial charge < -0.3 is 9.47 Å². The minimum absolute atomic E-state index is 0.174. The molecule has 1 heterocycles. The normalized spacial score (nSPS) is 17.9. The van der Waals surface area contributed by atoms with Crippen molar-refractivity contribution in [3.8, 4) is 16.9 Å². The summed E-state index contributed by atoms with van der Waals surface area (Å²) in [6, 6.07) is 15.5. The zero-order valence-electron chi connectivity index (χ0n) is 11.1. The molecule has 0 aromatic heterocycles. The first-order valence-electron chi connectivity index (χ1n) is 6.75. The average molecular weight is 268 g/mol. The summed E-state index contributed by atoms with van der Waals surface area (Å²) < 4.78 is 11.1. The van der Waals surface area contributed by atoms with Gasteiger partial charge in [-0.15, -0.1) is 0 Å². The molecule has 0 radical (unpaired) electrons. The van der Waals surface area contributed by atoms with Crippen molar-refractivity contribution in [1.29, 1.82) is 0 Å². The maximum absolute atomic E-state index is 10.6. The monoisotopic (exact) mass is 268 g/mol. The van der Waals surface area contributed by atoms with Gasteiger partial charge in [-0.05, 0) is 23.3 Å². The second-order valence-corrected chi connectivity index (χ2v) is 4.87. The van der Waals surface area contributed by atoms with Crippen molar-refractivity contribution in [3.05, 3.63) is 54.1 Å². The highest BCUT2D eigenvalue weighted by Gasteiger charge is 2.16. The average Bonchev–Trinajstić information content (AvgIpc) is 3.01. The molecule has 3 nitrogen and oxygen atoms in total. The van der Waals surface area contributed by atoms with Crippen LogP contribution in [-0.2, 0) is 4.74 Å². The van der Waals surface area contributed by atoms with Crippen molar-refractivity contribution in [3.63, 3.8) is 0 Å². The summed E-state index contributed by atoms with van der Waals surface area (Å²) >= 11 is 0. The molecule has 1 aliphatic rings. The Balaban J connectivity index is 1.72. The lowest BCUT2D eigenvalue weighted by molar-refractivity contribution is 0.112. The molecule has 1 aliphatic heterocycles. The van der Waals surface area contributed by atoms with Gasteiger partial charge in [0.15, 0.2) is 0 Å². The van der Waals surface area contributed by atoms with E-state index in [1.165, 1.54) is 0 Å². The summed E-state index contributed by atoms with van der Waals surface area (Å²) in [7, 11) is 0. The molecule has 3 rings (SSSR count). The van der Waals surface area contributed by atoms with Crippen molar-refractivity contribution in [2.75, 3.05) is 13.2 Å². The van der Waals surface area contributed by atoms with Gasteiger partial charge in [0.1, 0.15) is 18.1 Å². The molecule has 0 aliphatic carbocycles. The van der Waals surface area contributed by atoms with E-state index in [1.807, 2.05) is 48.5 Å². The maximum Gasteiger partial charge on any atom is 0.150 e. The molecule has 1 unspecified atom stereocenters. The van der Waals surface area contributed by atoms with E-state index in [9.17, 15) is 4.79 Å². The Labute approximate surface area is 118 Å². The summed E-state index contributed by atoms with van der Waals surface area (Å²) in [4.78, 5) is 10.6. The van der Waals surface area contributed by atoms with Crippen molar-refractivity contribution in [2.45, 2.75) is 12.5 Å². The number of rotatable bonds is 4. The van der Waals surface area contributed by atoms with E-state index < -0.39 is 0 Å². The predicted molar refractivity (Wildman–Crippen MR) is 77.1 cm³/mol. The fraction of sp³-hybridized carbons (Fsp3) is 0.235. The van der Waals surface area contributed by atoms with Crippen LogP contribution in [0.4, 0.5) is 0 Å². The summed E-state index contributed by atoms with van der Waals surface area (Å²) in [5.41, 5.74) is 2.89. The van der Waals surface area contributed by atoms with Gasteiger partial charge in [-0.25, -0.2) is 0 Å². The molecule has 1 atom stereocenters. The molecule has 102 valence electrons. The van der Waals surface area contributed by atoms with Crippen LogP contribution < -0.4 is 4.74 Å². The van der Waals surface area contributed by atoms with Crippen LogP contribution in [0.1, 0.15) is 16.8 Å². The van der Waals surface area contributed by atoms with Crippen molar-refractivity contribution in [1.82, 2.24) is 0 Å². The van der Waals surface area contributed by atoms with E-state index in [2.05, 4.69) is 0 Å². The lowest BCUT2D eigenvalue weighted by Crippen LogP contribution is -2.15. The molecular weight excluding hydrogens is 252 g/mol. The molecular formula is C17H16O3. The largest absolute Gasteiger partial charge is 0.488 e. The number of hydrogen-bond acceptors (Lipinski definition) is 3. The second kappa shape index (κ2) is 5.88. The molecule has 3 heteroatoms. The number of ether oxygens (including phenoxy) is 2. The van der Waals surface area contributed by atoms with Crippen LogP contribution in [0.2, 0.25) is 0 Å². The minimum Gasteiger partial charge on any atom is -0.488 e. The van der Waals surface area contributed by atoms with Crippen LogP contribution >= 0.6 is 0 Å². The third-order valence-corrected chi connectivity index (χ3v) is 3.43. The number of carbonyl (C=O) groups is 1. The third-order valence-electron chi connectivity index (χ3n) is 3.43. The maximum atomic E-state index is 10.6. The Morgan fingerprint density at radius 2 is 1.65 bits per heavy atom. The van der Waals surface area contributed by atoms with Gasteiger partial charge in [0.25, 0.3) is 0 Å². The first kappa shape index (κ1) is 12.9. The number of aldehydes is 1. The Kier molecular flexibility index (Phi) is 3.79. The van der Waals surface area contributed by atoms with Gasteiger partial charge in [-0.3, -0.25) is 4.79 Å². The summed E-state index contributed by atoms with van der Waals surface area (Å²) in [5.74, 6) is 0.869. The summed E-state index contributed by atoms with van der Waals surface area (Å²) in [6.45, 7) is 1.46. The summed E-state index contributed by atoms with van der Waals surface area (Å²) in [6.07, 6.45) is 1.98. The molecule has 1 saturated heterocycles. The molecule has 0 amide bonds. The van der Waals surface area contributed by atoms with Crippen LogP contribution in [0.5, 0.6) is 5.75 Å². The zero-order valence-corrected chi connectivity index (χ0v) is 11.1. The summed E-state index contributed by atoms with van der Waals surface area (Å²) in [5, 5.41) is 0. The Morgan fingerprint density at radius 1 is 1.00 bits per heavy atom. The molecule has 0 bridgehead atoms. The van der Waals surface area contributed by atoms with E-state index in [0.717, 1.165) is 36.2 Å². The number of hydrogen-bond donors (Lipinski definition) is 0. The second-order valence-electron chi connectivity index (χ2n) is 4.87. The minimum atomic E-state index is 0.174. The van der Waals surface area contributed by atoms with Crippen LogP contribution in [0.3, 0.4) is 0 Å². The topological polar surface area (TPSA) is 35.5 Å². The number of benzene rings is 2. The van der Waals surface area contributed by atoms with E-state index >= 15 is 0 Å². The van der Waals surface area contributed by atoms with E-state index in [-0.39, 0.29) is 6.10 Å². The standard InChI is InChI=1S/C17H16O3/c18-11-13-1-3-14(4-2-13)15-5-7-16(8-6-15)20-17-9-10-19-12-17/h1-8,11,17H,9-10,12H2. The zero-order chi connectivity index (χ0) is 13.8. The van der Waals surface area contributed by atoms with Crippen LogP contribution in [0, 0.1) is 0 Å². The van der Waals surface area contributed by atoms with Crippen LogP contribution in [0.15, 0.2) is 48.5 Å². The lowest BCUT2D eigenvalue weighted by atomic mass is 10.0. The van der Waals surface area contributed by atoms with Crippen molar-refractivity contribution in [2.24, 2.45) is 0 Å². The lowest BCUT2D eigenvalue weighted by Gasteiger charge is -2.12. The van der Waals surface area contributed by atoms with Crippen molar-refractivity contribution < 1.29 is 14.3 Å². The van der Waals surface area contributed by atoms with Gasteiger partial charge >= 0.3 is 0 Å². The molecule has 2 aromatic carbocycles. The Bertz CT molecular complexity index is 566. The van der Waals surface area contributed by atoms with E-state index in [1.54, 1.807) is 0 Å². The van der Waals surface area contributed by atoms with Gasteiger partial charge in [0.2, 0.25) is 0 Å². The first-order chi connectivity index (χ1) is 9.85. The molecule has 0 saturated carbocycles. The van der Waals surface area contributed by atoms with Gasteiger partial charge in [-0.1, -0.05) is 36.4 Å². The van der Waals surface area contributed by atoms with Crippen molar-refractivity contribution >= 4 is 6.29 Å². The molecule has 20 heavy (non-hydrogen) atoms. The Hall–Kier alpha value is -2.13. The number of carbonyl (C=O) groups excluding carboxylic acids is 1.